The summed E-state index contributed by atoms with van der Waals surface area (Å²) < 4.78 is 11.7. The van der Waals surface area contributed by atoms with Crippen molar-refractivity contribution in [1.82, 2.24) is 15.3 Å². The Bertz CT molecular complexity index is 1260. The van der Waals surface area contributed by atoms with Crippen molar-refractivity contribution in [1.29, 1.82) is 0 Å². The van der Waals surface area contributed by atoms with E-state index in [1.807, 2.05) is 48.5 Å². The molecule has 2 aromatic heterocycles. The Kier molecular flexibility index (Phi) is 5.47. The molecule has 0 saturated carbocycles. The van der Waals surface area contributed by atoms with E-state index >= 15 is 0 Å². The van der Waals surface area contributed by atoms with E-state index in [9.17, 15) is 4.79 Å². The molecule has 3 heterocycles. The number of aromatic nitrogens is 2. The van der Waals surface area contributed by atoms with Crippen molar-refractivity contribution in [2.24, 2.45) is 0 Å². The smallest absolute Gasteiger partial charge is 0.273 e. The van der Waals surface area contributed by atoms with Crippen LogP contribution in [0.2, 0.25) is 5.02 Å². The number of carbonyl (C=O) groups is 1. The summed E-state index contributed by atoms with van der Waals surface area (Å²) in [5.41, 5.74) is 3.04. The number of fused-ring (bicyclic) bond motifs is 2. The summed E-state index contributed by atoms with van der Waals surface area (Å²) in [4.78, 5) is 22.9. The van der Waals surface area contributed by atoms with Gasteiger partial charge in [-0.25, -0.2) is 4.98 Å². The summed E-state index contributed by atoms with van der Waals surface area (Å²) in [6, 6.07) is 17.1. The van der Waals surface area contributed by atoms with Crippen LogP contribution in [0.15, 0.2) is 77.7 Å². The molecular weight excluding hydrogens is 428 g/mol. The van der Waals surface area contributed by atoms with Gasteiger partial charge in [0.2, 0.25) is 5.89 Å². The summed E-state index contributed by atoms with van der Waals surface area (Å²) >= 11 is 6.26. The molecule has 8 heteroatoms. The van der Waals surface area contributed by atoms with E-state index in [1.165, 1.54) is 6.26 Å². The molecule has 160 valence electrons. The van der Waals surface area contributed by atoms with Crippen LogP contribution in [0.3, 0.4) is 0 Å². The number of hydrogen-bond donors (Lipinski definition) is 1. The van der Waals surface area contributed by atoms with E-state index in [4.69, 9.17) is 20.8 Å². The molecule has 0 saturated heterocycles. The lowest BCUT2D eigenvalue weighted by molar-refractivity contribution is 0.0946. The second kappa shape index (κ2) is 8.72. The third-order valence-electron chi connectivity index (χ3n) is 5.13. The SMILES string of the molecule is O=C(NCc1ccncc1)c1coc(CN2Cc3ccccc3Oc3ccc(Cl)cc32)n1. The highest BCUT2D eigenvalue weighted by molar-refractivity contribution is 6.31. The number of pyridine rings is 1. The van der Waals surface area contributed by atoms with Crippen LogP contribution in [0.5, 0.6) is 11.5 Å². The minimum Gasteiger partial charge on any atom is -0.455 e. The van der Waals surface area contributed by atoms with Crippen LogP contribution in [-0.2, 0) is 19.6 Å². The second-order valence-corrected chi connectivity index (χ2v) is 7.78. The fourth-order valence-corrected chi connectivity index (χ4v) is 3.70. The molecule has 0 bridgehead atoms. The number of oxazole rings is 1. The topological polar surface area (TPSA) is 80.5 Å². The molecule has 1 aliphatic rings. The van der Waals surface area contributed by atoms with Crippen LogP contribution in [0.4, 0.5) is 5.69 Å². The lowest BCUT2D eigenvalue weighted by Crippen LogP contribution is -2.24. The predicted octanol–water partition coefficient (Wildman–Crippen LogP) is 4.97. The molecule has 5 rings (SSSR count). The van der Waals surface area contributed by atoms with Crippen molar-refractivity contribution in [3.8, 4) is 11.5 Å². The molecule has 0 fully saturated rings. The van der Waals surface area contributed by atoms with Gasteiger partial charge < -0.3 is 19.4 Å². The zero-order valence-electron chi connectivity index (χ0n) is 17.0. The van der Waals surface area contributed by atoms with Crippen molar-refractivity contribution in [2.45, 2.75) is 19.6 Å². The number of hydrogen-bond acceptors (Lipinski definition) is 6. The van der Waals surface area contributed by atoms with E-state index in [1.54, 1.807) is 18.5 Å². The Morgan fingerprint density at radius 3 is 2.81 bits per heavy atom. The fourth-order valence-electron chi connectivity index (χ4n) is 3.53. The quantitative estimate of drug-likeness (QED) is 0.466. The highest BCUT2D eigenvalue weighted by atomic mass is 35.5. The highest BCUT2D eigenvalue weighted by Crippen LogP contribution is 2.40. The molecule has 7 nitrogen and oxygen atoms in total. The number of ether oxygens (including phenoxy) is 1. The molecular formula is C24H19ClN4O3. The molecule has 1 N–H and O–H groups in total. The summed E-state index contributed by atoms with van der Waals surface area (Å²) in [5, 5.41) is 3.44. The number of carbonyl (C=O) groups excluding carboxylic acids is 1. The van der Waals surface area contributed by atoms with Gasteiger partial charge in [0.15, 0.2) is 11.4 Å². The maximum Gasteiger partial charge on any atom is 0.273 e. The number of para-hydroxylation sites is 1. The van der Waals surface area contributed by atoms with Gasteiger partial charge in [-0.3, -0.25) is 9.78 Å². The van der Waals surface area contributed by atoms with Gasteiger partial charge in [0.05, 0.1) is 12.2 Å². The molecule has 2 aromatic carbocycles. The Labute approximate surface area is 189 Å². The first-order chi connectivity index (χ1) is 15.7. The lowest BCUT2D eigenvalue weighted by atomic mass is 10.2. The van der Waals surface area contributed by atoms with Crippen LogP contribution in [0.1, 0.15) is 27.5 Å². The van der Waals surface area contributed by atoms with Gasteiger partial charge in [0.1, 0.15) is 12.0 Å². The zero-order valence-corrected chi connectivity index (χ0v) is 17.7. The molecule has 4 aromatic rings. The molecule has 1 aliphatic heterocycles. The monoisotopic (exact) mass is 446 g/mol. The Morgan fingerprint density at radius 2 is 1.94 bits per heavy atom. The standard InChI is InChI=1S/C24H19ClN4O3/c25-18-5-6-22-20(11-18)29(13-17-3-1-2-4-21(17)32-22)14-23-28-19(15-31-23)24(30)27-12-16-7-9-26-10-8-16/h1-11,15H,12-14H2,(H,27,30). The second-order valence-electron chi connectivity index (χ2n) is 7.34. The van der Waals surface area contributed by atoms with E-state index < -0.39 is 0 Å². The van der Waals surface area contributed by atoms with Crippen molar-refractivity contribution in [2.75, 3.05) is 4.90 Å². The molecule has 0 unspecified atom stereocenters. The summed E-state index contributed by atoms with van der Waals surface area (Å²) in [5.74, 6) is 1.61. The normalized spacial score (nSPS) is 12.3. The van der Waals surface area contributed by atoms with E-state index in [0.717, 1.165) is 22.6 Å². The minimum absolute atomic E-state index is 0.229. The highest BCUT2D eigenvalue weighted by Gasteiger charge is 2.23. The van der Waals surface area contributed by atoms with Gasteiger partial charge in [-0.05, 0) is 42.0 Å². The first kappa shape index (κ1) is 20.1. The van der Waals surface area contributed by atoms with Gasteiger partial charge in [-0.1, -0.05) is 29.8 Å². The minimum atomic E-state index is -0.301. The average Bonchev–Trinajstić information content (AvgIpc) is 3.22. The van der Waals surface area contributed by atoms with Crippen LogP contribution < -0.4 is 15.0 Å². The number of halogens is 1. The van der Waals surface area contributed by atoms with Crippen molar-refractivity contribution >= 4 is 23.2 Å². The Morgan fingerprint density at radius 1 is 1.09 bits per heavy atom. The molecule has 0 spiro atoms. The van der Waals surface area contributed by atoms with Crippen molar-refractivity contribution in [3.05, 3.63) is 101 Å². The van der Waals surface area contributed by atoms with Crippen molar-refractivity contribution in [3.63, 3.8) is 0 Å². The van der Waals surface area contributed by atoms with E-state index in [2.05, 4.69) is 20.2 Å². The molecule has 1 amide bonds. The van der Waals surface area contributed by atoms with Gasteiger partial charge in [-0.2, -0.15) is 0 Å². The van der Waals surface area contributed by atoms with Crippen LogP contribution >= 0.6 is 11.6 Å². The Hall–Kier alpha value is -3.84. The average molecular weight is 447 g/mol. The van der Waals surface area contributed by atoms with Gasteiger partial charge in [0, 0.05) is 36.1 Å². The zero-order chi connectivity index (χ0) is 21.9. The largest absolute Gasteiger partial charge is 0.455 e. The number of nitrogens with one attached hydrogen (secondary N) is 1. The number of rotatable bonds is 5. The van der Waals surface area contributed by atoms with Gasteiger partial charge in [0.25, 0.3) is 5.91 Å². The van der Waals surface area contributed by atoms with E-state index in [-0.39, 0.29) is 11.6 Å². The number of anilines is 1. The first-order valence-corrected chi connectivity index (χ1v) is 10.5. The third kappa shape index (κ3) is 4.29. The molecule has 0 aliphatic carbocycles. The van der Waals surface area contributed by atoms with Gasteiger partial charge in [-0.15, -0.1) is 0 Å². The first-order valence-electron chi connectivity index (χ1n) is 10.1. The van der Waals surface area contributed by atoms with Gasteiger partial charge >= 0.3 is 0 Å². The number of amides is 1. The summed E-state index contributed by atoms with van der Waals surface area (Å²) in [6.45, 7) is 1.31. The number of benzene rings is 2. The maximum absolute atomic E-state index is 12.5. The molecule has 0 radical (unpaired) electrons. The predicted molar refractivity (Wildman–Crippen MR) is 120 cm³/mol. The van der Waals surface area contributed by atoms with Crippen LogP contribution in [0.25, 0.3) is 0 Å². The number of nitrogens with zero attached hydrogens (tertiary/aromatic N) is 3. The summed E-state index contributed by atoms with van der Waals surface area (Å²) in [6.07, 6.45) is 4.74. The third-order valence-corrected chi connectivity index (χ3v) is 5.36. The maximum atomic E-state index is 12.5. The fraction of sp³-hybridized carbons (Fsp3) is 0.125. The molecule has 0 atom stereocenters. The van der Waals surface area contributed by atoms with Crippen LogP contribution in [-0.4, -0.2) is 15.9 Å². The van der Waals surface area contributed by atoms with E-state index in [0.29, 0.717) is 36.3 Å². The molecule has 32 heavy (non-hydrogen) atoms. The lowest BCUT2D eigenvalue weighted by Gasteiger charge is -2.22. The Balaban J connectivity index is 1.35. The van der Waals surface area contributed by atoms with Crippen molar-refractivity contribution < 1.29 is 13.9 Å². The summed E-state index contributed by atoms with van der Waals surface area (Å²) in [7, 11) is 0. The van der Waals surface area contributed by atoms with Crippen LogP contribution in [0, 0.1) is 0 Å².